The largest absolute Gasteiger partial charge is 0.456 e. The molecular formula is C80H46N2O3S2. The zero-order valence-electron chi connectivity index (χ0n) is 46.5. The normalized spacial score (nSPS) is 12.1. The predicted octanol–water partition coefficient (Wildman–Crippen LogP) is 24.7. The molecule has 0 aliphatic carbocycles. The molecule has 0 radical (unpaired) electrons. The maximum atomic E-state index is 6.90. The van der Waals surface area contributed by atoms with E-state index in [1.54, 1.807) is 0 Å². The third kappa shape index (κ3) is 7.77. The summed E-state index contributed by atoms with van der Waals surface area (Å²) in [4.78, 5) is 4.68. The van der Waals surface area contributed by atoms with Gasteiger partial charge >= 0.3 is 0 Å². The topological polar surface area (TPSA) is 45.9 Å². The highest BCUT2D eigenvalue weighted by Gasteiger charge is 2.22. The molecule has 0 saturated heterocycles. The van der Waals surface area contributed by atoms with Crippen molar-refractivity contribution in [2.75, 3.05) is 9.80 Å². The van der Waals surface area contributed by atoms with Gasteiger partial charge in [0.2, 0.25) is 0 Å². The lowest BCUT2D eigenvalue weighted by Crippen LogP contribution is -2.09. The third-order valence-electron chi connectivity index (χ3n) is 17.8. The number of hydrogen-bond acceptors (Lipinski definition) is 7. The molecule has 0 fully saturated rings. The number of anilines is 6. The molecule has 0 spiro atoms. The van der Waals surface area contributed by atoms with Gasteiger partial charge < -0.3 is 23.1 Å². The van der Waals surface area contributed by atoms with Gasteiger partial charge in [0, 0.05) is 119 Å². The summed E-state index contributed by atoms with van der Waals surface area (Å²) in [5.41, 5.74) is 15.7. The molecule has 5 heterocycles. The van der Waals surface area contributed by atoms with Crippen LogP contribution in [0.3, 0.4) is 0 Å². The Labute approximate surface area is 505 Å². The standard InChI is InChI=1S/C80H46N2O3S2/c1-3-11-51-37-53(19-17-47(51)9-1)49-21-25-55(26-22-49)81(59-31-35-65-63-13-5-7-15-77(63)86-79(65)41-59)57-29-33-61-67-43-75-69(45-73(67)83-71(61)39-57)70-46-74-68(44-76(70)85-75)62-34-30-58(40-72(62)84-74)82(60-32-36-66-64-14-6-8-16-78(64)87-80(66)42-60)56-27-23-50(24-28-56)54-20-18-48-10-2-4-12-52(48)38-54/h1-46H. The van der Waals surface area contributed by atoms with Gasteiger partial charge in [0.25, 0.3) is 0 Å². The quantitative estimate of drug-likeness (QED) is 0.152. The Balaban J connectivity index is 0.694. The van der Waals surface area contributed by atoms with Crippen LogP contribution >= 0.6 is 22.7 Å². The number of fused-ring (bicyclic) bond motifs is 17. The van der Waals surface area contributed by atoms with Gasteiger partial charge in [-0.2, -0.15) is 0 Å². The molecule has 19 rings (SSSR count). The van der Waals surface area contributed by atoms with Crippen molar-refractivity contribution in [3.63, 3.8) is 0 Å². The molecule has 5 aromatic heterocycles. The zero-order valence-corrected chi connectivity index (χ0v) is 48.1. The van der Waals surface area contributed by atoms with Crippen LogP contribution in [-0.2, 0) is 0 Å². The Kier molecular flexibility index (Phi) is 10.4. The van der Waals surface area contributed by atoms with E-state index in [-0.39, 0.29) is 0 Å². The Morgan fingerprint density at radius 1 is 0.195 bits per heavy atom. The molecule has 0 amide bonds. The minimum Gasteiger partial charge on any atom is -0.456 e. The molecule has 0 atom stereocenters. The summed E-state index contributed by atoms with van der Waals surface area (Å²) < 4.78 is 25.7. The molecule has 0 aliphatic rings. The number of benzene rings is 14. The number of thiophene rings is 2. The van der Waals surface area contributed by atoms with E-state index in [9.17, 15) is 0 Å². The molecule has 0 saturated carbocycles. The number of nitrogens with zero attached hydrogens (tertiary/aromatic N) is 2. The lowest BCUT2D eigenvalue weighted by atomic mass is 10.0. The van der Waals surface area contributed by atoms with Crippen LogP contribution in [0.15, 0.2) is 292 Å². The van der Waals surface area contributed by atoms with Crippen molar-refractivity contribution in [3.8, 4) is 22.3 Å². The molecule has 19 aromatic rings. The van der Waals surface area contributed by atoms with E-state index in [0.29, 0.717) is 0 Å². The second-order valence-corrected chi connectivity index (χ2v) is 25.0. The van der Waals surface area contributed by atoms with E-state index in [1.807, 2.05) is 22.7 Å². The maximum Gasteiger partial charge on any atom is 0.137 e. The van der Waals surface area contributed by atoms with Gasteiger partial charge in [0.1, 0.15) is 33.5 Å². The monoisotopic (exact) mass is 1150 g/mol. The number of furan rings is 3. The highest BCUT2D eigenvalue weighted by molar-refractivity contribution is 7.26. The molecule has 7 heteroatoms. The van der Waals surface area contributed by atoms with Crippen molar-refractivity contribution in [2.45, 2.75) is 0 Å². The average molecular weight is 1150 g/mol. The van der Waals surface area contributed by atoms with Crippen LogP contribution in [0.5, 0.6) is 0 Å². The number of rotatable bonds is 8. The summed E-state index contributed by atoms with van der Waals surface area (Å²) in [5.74, 6) is 0. The Morgan fingerprint density at radius 2 is 0.506 bits per heavy atom. The molecule has 14 aromatic carbocycles. The van der Waals surface area contributed by atoms with Gasteiger partial charge in [-0.3, -0.25) is 0 Å². The summed E-state index contributed by atoms with van der Waals surface area (Å²) in [6.07, 6.45) is 0. The zero-order chi connectivity index (χ0) is 56.8. The van der Waals surface area contributed by atoms with Crippen LogP contribution < -0.4 is 9.80 Å². The fourth-order valence-electron chi connectivity index (χ4n) is 13.5. The van der Waals surface area contributed by atoms with Crippen molar-refractivity contribution < 1.29 is 13.3 Å². The van der Waals surface area contributed by atoms with Crippen molar-refractivity contribution in [3.05, 3.63) is 279 Å². The summed E-state index contributed by atoms with van der Waals surface area (Å²) >= 11 is 3.66. The van der Waals surface area contributed by atoms with Crippen LogP contribution in [-0.4, -0.2) is 0 Å². The first-order valence-electron chi connectivity index (χ1n) is 29.3. The van der Waals surface area contributed by atoms with E-state index in [4.69, 9.17) is 13.3 Å². The highest BCUT2D eigenvalue weighted by atomic mass is 32.1. The van der Waals surface area contributed by atoms with Crippen molar-refractivity contribution in [1.82, 2.24) is 0 Å². The van der Waals surface area contributed by atoms with Crippen LogP contribution in [0.2, 0.25) is 0 Å². The van der Waals surface area contributed by atoms with Gasteiger partial charge in [0.15, 0.2) is 0 Å². The SMILES string of the molecule is c1ccc2cc(-c3ccc(N(c4ccc5c(c4)oc4cc6c(cc45)oc4cc5c(cc46)oc4cc(N(c6ccc(-c7ccc8ccccc8c7)cc6)c6ccc7c(c6)sc6ccccc67)ccc45)c4ccc5c(c4)sc4ccccc45)cc3)ccc2c1. The van der Waals surface area contributed by atoms with Gasteiger partial charge in [-0.15, -0.1) is 22.7 Å². The first-order valence-corrected chi connectivity index (χ1v) is 31.0. The van der Waals surface area contributed by atoms with Crippen LogP contribution in [0.1, 0.15) is 0 Å². The Bertz CT molecular complexity index is 5670. The van der Waals surface area contributed by atoms with E-state index in [1.165, 1.54) is 84.1 Å². The summed E-state index contributed by atoms with van der Waals surface area (Å²) in [7, 11) is 0. The Hall–Kier alpha value is -11.0. The Morgan fingerprint density at radius 3 is 0.931 bits per heavy atom. The fraction of sp³-hybridized carbons (Fsp3) is 0. The number of hydrogen-bond donors (Lipinski definition) is 0. The summed E-state index contributed by atoms with van der Waals surface area (Å²) in [6, 6.07) is 101. The van der Waals surface area contributed by atoms with Crippen molar-refractivity contribution in [2.24, 2.45) is 0 Å². The second-order valence-electron chi connectivity index (χ2n) is 22.8. The van der Waals surface area contributed by atoms with Gasteiger partial charge in [-0.1, -0.05) is 146 Å². The van der Waals surface area contributed by atoms with E-state index >= 15 is 0 Å². The fourth-order valence-corrected chi connectivity index (χ4v) is 15.8. The summed E-state index contributed by atoms with van der Waals surface area (Å²) in [6.45, 7) is 0. The van der Waals surface area contributed by atoms with Crippen LogP contribution in [0.4, 0.5) is 34.1 Å². The van der Waals surface area contributed by atoms with Crippen LogP contribution in [0.25, 0.3) is 150 Å². The average Bonchev–Trinajstić information content (AvgIpc) is 2.44. The molecular weight excluding hydrogens is 1100 g/mol. The molecule has 406 valence electrons. The molecule has 0 unspecified atom stereocenters. The minimum atomic E-state index is 0.795. The van der Waals surface area contributed by atoms with Crippen LogP contribution in [0, 0.1) is 0 Å². The highest BCUT2D eigenvalue weighted by Crippen LogP contribution is 2.47. The predicted molar refractivity (Wildman–Crippen MR) is 369 cm³/mol. The van der Waals surface area contributed by atoms with E-state index in [2.05, 4.69) is 289 Å². The van der Waals surface area contributed by atoms with E-state index < -0.39 is 0 Å². The molecule has 0 bridgehead atoms. The minimum absolute atomic E-state index is 0.795. The maximum absolute atomic E-state index is 6.90. The third-order valence-corrected chi connectivity index (χ3v) is 20.1. The van der Waals surface area contributed by atoms with E-state index in [0.717, 1.165) is 99.9 Å². The van der Waals surface area contributed by atoms with Crippen molar-refractivity contribution in [1.29, 1.82) is 0 Å². The lowest BCUT2D eigenvalue weighted by molar-refractivity contribution is 0.662. The van der Waals surface area contributed by atoms with Gasteiger partial charge in [-0.05, 0) is 165 Å². The smallest absolute Gasteiger partial charge is 0.137 e. The van der Waals surface area contributed by atoms with Gasteiger partial charge in [-0.25, -0.2) is 0 Å². The lowest BCUT2D eigenvalue weighted by Gasteiger charge is -2.26. The first kappa shape index (κ1) is 48.4. The molecule has 5 nitrogen and oxygen atoms in total. The summed E-state index contributed by atoms with van der Waals surface area (Å²) in [5, 5.41) is 16.0. The first-order chi connectivity index (χ1) is 43.0. The van der Waals surface area contributed by atoms with Crippen molar-refractivity contribution >= 4 is 185 Å². The van der Waals surface area contributed by atoms with Gasteiger partial charge in [0.05, 0.1) is 0 Å². The second kappa shape index (κ2) is 18.8. The molecule has 0 aliphatic heterocycles. The molecule has 0 N–H and O–H groups in total. The molecule has 87 heavy (non-hydrogen) atoms.